The zero-order chi connectivity index (χ0) is 17.4. The Kier molecular flexibility index (Phi) is 6.92. The third-order valence-electron chi connectivity index (χ3n) is 3.35. The number of benzene rings is 2. The van der Waals surface area contributed by atoms with Gasteiger partial charge >= 0.3 is 7.60 Å². The molecule has 5 heteroatoms. The van der Waals surface area contributed by atoms with Crippen LogP contribution in [-0.4, -0.2) is 13.2 Å². The molecule has 0 saturated heterocycles. The van der Waals surface area contributed by atoms with Crippen LogP contribution in [0, 0.1) is 5.82 Å². The van der Waals surface area contributed by atoms with E-state index in [4.69, 9.17) is 9.05 Å². The van der Waals surface area contributed by atoms with Crippen molar-refractivity contribution in [3.8, 4) is 0 Å². The van der Waals surface area contributed by atoms with Crippen molar-refractivity contribution in [3.63, 3.8) is 0 Å². The summed E-state index contributed by atoms with van der Waals surface area (Å²) < 4.78 is 36.0. The van der Waals surface area contributed by atoms with Crippen LogP contribution in [-0.2, 0) is 19.8 Å². The topological polar surface area (TPSA) is 35.5 Å². The zero-order valence-electron chi connectivity index (χ0n) is 13.9. The van der Waals surface area contributed by atoms with Crippen molar-refractivity contribution in [2.75, 3.05) is 13.2 Å². The summed E-state index contributed by atoms with van der Waals surface area (Å²) in [5.74, 6) is -0.246. The molecule has 0 amide bonds. The van der Waals surface area contributed by atoms with Crippen LogP contribution in [0.5, 0.6) is 0 Å². The summed E-state index contributed by atoms with van der Waals surface area (Å²) in [6.07, 6.45) is 4.12. The Hall–Kier alpha value is -1.74. The van der Waals surface area contributed by atoms with E-state index in [1.54, 1.807) is 26.0 Å². The van der Waals surface area contributed by atoms with Gasteiger partial charge in [-0.3, -0.25) is 4.57 Å². The van der Waals surface area contributed by atoms with E-state index in [0.29, 0.717) is 13.2 Å². The van der Waals surface area contributed by atoms with Crippen molar-refractivity contribution in [2.24, 2.45) is 0 Å². The van der Waals surface area contributed by atoms with Gasteiger partial charge in [-0.1, -0.05) is 48.6 Å². The van der Waals surface area contributed by atoms with Crippen LogP contribution in [0.25, 0.3) is 12.2 Å². The van der Waals surface area contributed by atoms with Crippen LogP contribution in [0.2, 0.25) is 0 Å². The Balaban J connectivity index is 2.04. The van der Waals surface area contributed by atoms with Crippen molar-refractivity contribution < 1.29 is 18.0 Å². The summed E-state index contributed by atoms with van der Waals surface area (Å²) in [7, 11) is -3.08. The van der Waals surface area contributed by atoms with Gasteiger partial charge in [-0.25, -0.2) is 4.39 Å². The quantitative estimate of drug-likeness (QED) is 0.449. The summed E-state index contributed by atoms with van der Waals surface area (Å²) in [6.45, 7) is 4.32. The molecule has 128 valence electrons. The lowest BCUT2D eigenvalue weighted by atomic mass is 10.1. The van der Waals surface area contributed by atoms with Crippen LogP contribution < -0.4 is 0 Å². The second-order valence-electron chi connectivity index (χ2n) is 5.23. The fourth-order valence-electron chi connectivity index (χ4n) is 2.25. The highest BCUT2D eigenvalue weighted by molar-refractivity contribution is 7.53. The Morgan fingerprint density at radius 2 is 1.33 bits per heavy atom. The van der Waals surface area contributed by atoms with Gasteiger partial charge in [0.2, 0.25) is 0 Å². The van der Waals surface area contributed by atoms with Gasteiger partial charge in [-0.15, -0.1) is 0 Å². The number of rotatable bonds is 8. The highest BCUT2D eigenvalue weighted by atomic mass is 31.2. The van der Waals surface area contributed by atoms with Gasteiger partial charge in [0.1, 0.15) is 5.82 Å². The first-order valence-corrected chi connectivity index (χ1v) is 9.68. The maximum absolute atomic E-state index is 12.9. The minimum Gasteiger partial charge on any atom is -0.309 e. The molecule has 0 aliphatic rings. The molecule has 0 unspecified atom stereocenters. The van der Waals surface area contributed by atoms with Gasteiger partial charge in [-0.2, -0.15) is 0 Å². The van der Waals surface area contributed by atoms with Gasteiger partial charge in [-0.05, 0) is 42.7 Å². The highest BCUT2D eigenvalue weighted by Crippen LogP contribution is 2.51. The maximum atomic E-state index is 12.9. The maximum Gasteiger partial charge on any atom is 0.335 e. The summed E-state index contributed by atoms with van der Waals surface area (Å²) in [6, 6.07) is 14.0. The van der Waals surface area contributed by atoms with Crippen LogP contribution >= 0.6 is 7.60 Å². The van der Waals surface area contributed by atoms with E-state index in [9.17, 15) is 8.96 Å². The molecule has 0 fully saturated rings. The van der Waals surface area contributed by atoms with Crippen molar-refractivity contribution in [2.45, 2.75) is 20.0 Å². The van der Waals surface area contributed by atoms with Crippen LogP contribution in [0.4, 0.5) is 4.39 Å². The van der Waals surface area contributed by atoms with Crippen molar-refractivity contribution in [1.82, 2.24) is 0 Å². The summed E-state index contributed by atoms with van der Waals surface area (Å²) >= 11 is 0. The van der Waals surface area contributed by atoms with E-state index in [1.807, 2.05) is 36.4 Å². The standard InChI is InChI=1S/C19H22FO3P/c1-3-22-24(21,23-4-2)15-18-9-7-16(8-10-18)5-6-17-11-13-19(20)14-12-17/h5-14H,3-4,15H2,1-2H3/b6-5+. The molecule has 0 N–H and O–H groups in total. The molecule has 2 aromatic carbocycles. The van der Waals surface area contributed by atoms with Crippen LogP contribution in [0.15, 0.2) is 48.5 Å². The van der Waals surface area contributed by atoms with Crippen molar-refractivity contribution in [1.29, 1.82) is 0 Å². The minimum atomic E-state index is -3.08. The minimum absolute atomic E-state index is 0.246. The molecule has 3 nitrogen and oxygen atoms in total. The average Bonchev–Trinajstić information content (AvgIpc) is 2.56. The third kappa shape index (κ3) is 5.72. The molecule has 24 heavy (non-hydrogen) atoms. The summed E-state index contributed by atoms with van der Waals surface area (Å²) in [5, 5.41) is 0. The van der Waals surface area contributed by atoms with Crippen molar-refractivity contribution >= 4 is 19.7 Å². The predicted molar refractivity (Wildman–Crippen MR) is 96.3 cm³/mol. The molecule has 0 aliphatic carbocycles. The second kappa shape index (κ2) is 8.93. The smallest absolute Gasteiger partial charge is 0.309 e. The molecule has 0 aliphatic heterocycles. The SMILES string of the molecule is CCOP(=O)(Cc1ccc(/C=C/c2ccc(F)cc2)cc1)OCC. The Morgan fingerprint density at radius 3 is 1.79 bits per heavy atom. The summed E-state index contributed by atoms with van der Waals surface area (Å²) in [5.41, 5.74) is 2.84. The molecule has 2 rings (SSSR count). The fourth-order valence-corrected chi connectivity index (χ4v) is 3.95. The van der Waals surface area contributed by atoms with E-state index >= 15 is 0 Å². The Morgan fingerprint density at radius 1 is 0.875 bits per heavy atom. The summed E-state index contributed by atoms with van der Waals surface area (Å²) in [4.78, 5) is 0. The van der Waals surface area contributed by atoms with E-state index in [2.05, 4.69) is 0 Å². The lowest BCUT2D eigenvalue weighted by Gasteiger charge is -2.16. The molecule has 2 aromatic rings. The zero-order valence-corrected chi connectivity index (χ0v) is 14.8. The number of hydrogen-bond donors (Lipinski definition) is 0. The molecular formula is C19H22FO3P. The molecule has 0 aromatic heterocycles. The first-order chi connectivity index (χ1) is 11.5. The largest absolute Gasteiger partial charge is 0.335 e. The Labute approximate surface area is 142 Å². The monoisotopic (exact) mass is 348 g/mol. The van der Waals surface area contributed by atoms with E-state index < -0.39 is 7.60 Å². The fraction of sp³-hybridized carbons (Fsp3) is 0.263. The molecule has 0 saturated carbocycles. The average molecular weight is 348 g/mol. The van der Waals surface area contributed by atoms with Gasteiger partial charge in [0, 0.05) is 0 Å². The first kappa shape index (κ1) is 18.6. The number of halogens is 1. The van der Waals surface area contributed by atoms with Gasteiger partial charge in [0.05, 0.1) is 19.4 Å². The van der Waals surface area contributed by atoms with Crippen LogP contribution in [0.3, 0.4) is 0 Å². The van der Waals surface area contributed by atoms with E-state index in [1.165, 1.54) is 12.1 Å². The van der Waals surface area contributed by atoms with E-state index in [0.717, 1.165) is 16.7 Å². The third-order valence-corrected chi connectivity index (χ3v) is 5.40. The first-order valence-electron chi connectivity index (χ1n) is 7.95. The molecule has 0 atom stereocenters. The highest BCUT2D eigenvalue weighted by Gasteiger charge is 2.23. The Bertz CT molecular complexity index is 698. The molecule has 0 radical (unpaired) electrons. The normalized spacial score (nSPS) is 12.0. The van der Waals surface area contributed by atoms with Gasteiger partial charge < -0.3 is 9.05 Å². The van der Waals surface area contributed by atoms with Crippen LogP contribution in [0.1, 0.15) is 30.5 Å². The molecule has 0 spiro atoms. The van der Waals surface area contributed by atoms with Gasteiger partial charge in [0.25, 0.3) is 0 Å². The second-order valence-corrected chi connectivity index (χ2v) is 7.29. The van der Waals surface area contributed by atoms with E-state index in [-0.39, 0.29) is 12.0 Å². The lowest BCUT2D eigenvalue weighted by molar-refractivity contribution is 0.219. The number of hydrogen-bond acceptors (Lipinski definition) is 3. The molecular weight excluding hydrogens is 326 g/mol. The molecule has 0 heterocycles. The lowest BCUT2D eigenvalue weighted by Crippen LogP contribution is -1.99. The van der Waals surface area contributed by atoms with Crippen molar-refractivity contribution in [3.05, 3.63) is 71.0 Å². The predicted octanol–water partition coefficient (Wildman–Crippen LogP) is 5.76. The molecule has 0 bridgehead atoms. The van der Waals surface area contributed by atoms with Gasteiger partial charge in [0.15, 0.2) is 0 Å².